The van der Waals surface area contributed by atoms with Gasteiger partial charge in [-0.3, -0.25) is 4.79 Å². The molecule has 3 saturated heterocycles. The number of aromatic amines is 1. The minimum Gasteiger partial charge on any atom is -0.346 e. The Labute approximate surface area is 93.4 Å². The molecule has 86 valence electrons. The summed E-state index contributed by atoms with van der Waals surface area (Å²) in [4.78, 5) is 14.2. The summed E-state index contributed by atoms with van der Waals surface area (Å²) in [7, 11) is 0. The van der Waals surface area contributed by atoms with Gasteiger partial charge in [-0.1, -0.05) is 0 Å². The van der Waals surface area contributed by atoms with Crippen LogP contribution < -0.4 is 5.32 Å². The van der Waals surface area contributed by atoms with Crippen LogP contribution in [0, 0.1) is 5.92 Å². The fourth-order valence-electron chi connectivity index (χ4n) is 2.68. The van der Waals surface area contributed by atoms with Crippen LogP contribution in [0.2, 0.25) is 0 Å². The van der Waals surface area contributed by atoms with Crippen LogP contribution in [-0.4, -0.2) is 51.9 Å². The number of carbonyl (C=O) groups excluding carboxylic acids is 1. The van der Waals surface area contributed by atoms with Crippen molar-refractivity contribution in [3.05, 3.63) is 11.9 Å². The number of rotatable bonds is 2. The van der Waals surface area contributed by atoms with Crippen LogP contribution in [0.4, 0.5) is 0 Å². The summed E-state index contributed by atoms with van der Waals surface area (Å²) in [6, 6.07) is 0.284. The molecule has 2 N–H and O–H groups in total. The maximum absolute atomic E-state index is 11.8. The van der Waals surface area contributed by atoms with Crippen molar-refractivity contribution in [3.8, 4) is 0 Å². The van der Waals surface area contributed by atoms with Crippen LogP contribution in [-0.2, 0) is 0 Å². The molecule has 1 unspecified atom stereocenters. The molecule has 0 aliphatic carbocycles. The molecular weight excluding hydrogens is 206 g/mol. The molecule has 3 fully saturated rings. The van der Waals surface area contributed by atoms with Gasteiger partial charge < -0.3 is 10.2 Å². The summed E-state index contributed by atoms with van der Waals surface area (Å²) in [5.74, 6) is 0.522. The molecule has 0 radical (unpaired) electrons. The van der Waals surface area contributed by atoms with Crippen LogP contribution in [0.15, 0.2) is 6.20 Å². The number of hydrogen-bond acceptors (Lipinski definition) is 4. The van der Waals surface area contributed by atoms with Gasteiger partial charge >= 0.3 is 0 Å². The summed E-state index contributed by atoms with van der Waals surface area (Å²) in [6.07, 6.45) is 3.85. The van der Waals surface area contributed by atoms with E-state index in [0.717, 1.165) is 6.54 Å². The molecule has 1 amide bonds. The topological polar surface area (TPSA) is 73.9 Å². The fraction of sp³-hybridized carbons (Fsp3) is 0.700. The third kappa shape index (κ3) is 1.69. The lowest BCUT2D eigenvalue weighted by Gasteiger charge is -2.44. The van der Waals surface area contributed by atoms with Crippen LogP contribution in [0.3, 0.4) is 0 Å². The summed E-state index contributed by atoms with van der Waals surface area (Å²) in [5, 5.41) is 12.9. The zero-order valence-electron chi connectivity index (χ0n) is 9.02. The minimum atomic E-state index is -0.118. The first-order valence-corrected chi connectivity index (χ1v) is 5.72. The number of H-pyrrole nitrogens is 1. The van der Waals surface area contributed by atoms with Crippen molar-refractivity contribution >= 4 is 5.91 Å². The van der Waals surface area contributed by atoms with Gasteiger partial charge in [0.05, 0.1) is 6.20 Å². The molecule has 6 heteroatoms. The van der Waals surface area contributed by atoms with E-state index in [1.165, 1.54) is 32.1 Å². The Balaban J connectivity index is 1.65. The van der Waals surface area contributed by atoms with Gasteiger partial charge in [-0.05, 0) is 31.8 Å². The monoisotopic (exact) mass is 221 g/mol. The predicted octanol–water partition coefficient (Wildman–Crippen LogP) is -0.371. The minimum absolute atomic E-state index is 0.118. The van der Waals surface area contributed by atoms with Gasteiger partial charge in [-0.25, -0.2) is 0 Å². The van der Waals surface area contributed by atoms with Crippen LogP contribution in [0.1, 0.15) is 23.3 Å². The molecule has 0 aromatic carbocycles. The Bertz CT molecular complexity index is 369. The second kappa shape index (κ2) is 3.86. The molecule has 6 nitrogen and oxygen atoms in total. The Morgan fingerprint density at radius 1 is 1.50 bits per heavy atom. The highest BCUT2D eigenvalue weighted by molar-refractivity contribution is 5.92. The number of aromatic nitrogens is 3. The van der Waals surface area contributed by atoms with Gasteiger partial charge in [0.15, 0.2) is 5.69 Å². The van der Waals surface area contributed by atoms with Crippen molar-refractivity contribution in [3.63, 3.8) is 0 Å². The van der Waals surface area contributed by atoms with E-state index in [1.54, 1.807) is 0 Å². The molecule has 0 spiro atoms. The molecule has 0 saturated carbocycles. The van der Waals surface area contributed by atoms with E-state index in [4.69, 9.17) is 0 Å². The maximum Gasteiger partial charge on any atom is 0.273 e. The van der Waals surface area contributed by atoms with Crippen molar-refractivity contribution in [2.45, 2.75) is 18.9 Å². The fourth-order valence-corrected chi connectivity index (χ4v) is 2.68. The summed E-state index contributed by atoms with van der Waals surface area (Å²) in [6.45, 7) is 3.34. The molecule has 1 atom stereocenters. The van der Waals surface area contributed by atoms with Gasteiger partial charge in [0.2, 0.25) is 0 Å². The van der Waals surface area contributed by atoms with Gasteiger partial charge in [0.1, 0.15) is 0 Å². The van der Waals surface area contributed by atoms with Crippen LogP contribution in [0.25, 0.3) is 0 Å². The van der Waals surface area contributed by atoms with E-state index < -0.39 is 0 Å². The standard InChI is InChI=1S/C10H15N5O/c16-10(8-5-11-14-13-8)12-9-6-15-3-1-7(9)2-4-15/h5,7,9H,1-4,6H2,(H,12,16)(H,11,13,14). The number of hydrogen-bond donors (Lipinski definition) is 2. The lowest BCUT2D eigenvalue weighted by atomic mass is 9.84. The number of carbonyl (C=O) groups is 1. The van der Waals surface area contributed by atoms with E-state index in [-0.39, 0.29) is 11.9 Å². The van der Waals surface area contributed by atoms with Crippen molar-refractivity contribution in [2.75, 3.05) is 19.6 Å². The average molecular weight is 221 g/mol. The molecule has 3 aliphatic heterocycles. The van der Waals surface area contributed by atoms with Crippen molar-refractivity contribution in [1.82, 2.24) is 25.6 Å². The second-order valence-electron chi connectivity index (χ2n) is 4.57. The Morgan fingerprint density at radius 2 is 2.31 bits per heavy atom. The van der Waals surface area contributed by atoms with Crippen LogP contribution >= 0.6 is 0 Å². The Morgan fingerprint density at radius 3 is 2.88 bits per heavy atom. The van der Waals surface area contributed by atoms with E-state index in [2.05, 4.69) is 25.6 Å². The normalized spacial score (nSPS) is 32.6. The van der Waals surface area contributed by atoms with E-state index >= 15 is 0 Å². The first-order valence-electron chi connectivity index (χ1n) is 5.72. The van der Waals surface area contributed by atoms with E-state index in [1.807, 2.05) is 0 Å². The van der Waals surface area contributed by atoms with Gasteiger partial charge in [0.25, 0.3) is 5.91 Å². The Kier molecular flexibility index (Phi) is 2.36. The van der Waals surface area contributed by atoms with Crippen molar-refractivity contribution < 1.29 is 4.79 Å². The lowest BCUT2D eigenvalue weighted by molar-refractivity contribution is 0.0617. The lowest BCUT2D eigenvalue weighted by Crippen LogP contribution is -2.57. The molecule has 4 heterocycles. The summed E-state index contributed by atoms with van der Waals surface area (Å²) >= 11 is 0. The van der Waals surface area contributed by atoms with Gasteiger partial charge in [0, 0.05) is 12.6 Å². The SMILES string of the molecule is O=C(NC1CN2CCC1CC2)c1cn[nH]n1. The average Bonchev–Trinajstić information content (AvgIpc) is 2.84. The molecule has 3 aliphatic rings. The second-order valence-corrected chi connectivity index (χ2v) is 4.57. The molecule has 4 rings (SSSR count). The summed E-state index contributed by atoms with van der Waals surface area (Å²) in [5.41, 5.74) is 0.372. The highest BCUT2D eigenvalue weighted by atomic mass is 16.2. The van der Waals surface area contributed by atoms with Gasteiger partial charge in [-0.2, -0.15) is 15.4 Å². The first-order chi connectivity index (χ1) is 7.83. The largest absolute Gasteiger partial charge is 0.346 e. The quantitative estimate of drug-likeness (QED) is 0.714. The molecule has 1 aromatic heterocycles. The van der Waals surface area contributed by atoms with Gasteiger partial charge in [-0.15, -0.1) is 0 Å². The Hall–Kier alpha value is -1.43. The maximum atomic E-state index is 11.8. The van der Waals surface area contributed by atoms with Crippen molar-refractivity contribution in [2.24, 2.45) is 5.92 Å². The molecule has 1 aromatic rings. The zero-order chi connectivity index (χ0) is 11.0. The third-order valence-corrected chi connectivity index (χ3v) is 3.62. The van der Waals surface area contributed by atoms with Crippen LogP contribution in [0.5, 0.6) is 0 Å². The molecular formula is C10H15N5O. The number of piperidine rings is 3. The zero-order valence-corrected chi connectivity index (χ0v) is 9.02. The number of amides is 1. The molecule has 16 heavy (non-hydrogen) atoms. The number of nitrogens with one attached hydrogen (secondary N) is 2. The van der Waals surface area contributed by atoms with Crippen molar-refractivity contribution in [1.29, 1.82) is 0 Å². The first kappa shape index (κ1) is 9.77. The highest BCUT2D eigenvalue weighted by Gasteiger charge is 2.35. The summed E-state index contributed by atoms with van der Waals surface area (Å²) < 4.78 is 0. The van der Waals surface area contributed by atoms with E-state index in [0.29, 0.717) is 11.6 Å². The smallest absolute Gasteiger partial charge is 0.273 e. The number of nitrogens with zero attached hydrogens (tertiary/aromatic N) is 3. The molecule has 2 bridgehead atoms. The van der Waals surface area contributed by atoms with E-state index in [9.17, 15) is 4.79 Å². The predicted molar refractivity (Wildman–Crippen MR) is 56.8 cm³/mol. The highest BCUT2D eigenvalue weighted by Crippen LogP contribution is 2.27. The third-order valence-electron chi connectivity index (χ3n) is 3.62. The number of fused-ring (bicyclic) bond motifs is 3.